The zero-order chi connectivity index (χ0) is 19.8. The van der Waals surface area contributed by atoms with Gasteiger partial charge in [0.2, 0.25) is 5.91 Å². The van der Waals surface area contributed by atoms with Crippen LogP contribution in [-0.2, 0) is 26.8 Å². The minimum absolute atomic E-state index is 0.0456. The molecule has 0 fully saturated rings. The Labute approximate surface area is 165 Å². The molecule has 1 amide bonds. The average Bonchev–Trinajstić information content (AvgIpc) is 2.63. The van der Waals surface area contributed by atoms with E-state index >= 15 is 0 Å². The van der Waals surface area contributed by atoms with Crippen LogP contribution in [0.4, 0.5) is 0 Å². The van der Waals surface area contributed by atoms with Crippen molar-refractivity contribution in [3.05, 3.63) is 52.8 Å². The Morgan fingerprint density at radius 1 is 1.26 bits per heavy atom. The zero-order valence-corrected chi connectivity index (χ0v) is 17.7. The van der Waals surface area contributed by atoms with Crippen LogP contribution in [0.1, 0.15) is 51.7 Å². The molecule has 0 bridgehead atoms. The Morgan fingerprint density at radius 3 is 2.56 bits per heavy atom. The summed E-state index contributed by atoms with van der Waals surface area (Å²) >= 11 is 0. The van der Waals surface area contributed by atoms with Crippen LogP contribution >= 0.6 is 0 Å². The van der Waals surface area contributed by atoms with Crippen LogP contribution in [0.2, 0.25) is 0 Å². The van der Waals surface area contributed by atoms with Crippen LogP contribution in [0.15, 0.2) is 41.7 Å². The zero-order valence-electron chi connectivity index (χ0n) is 16.8. The van der Waals surface area contributed by atoms with Crippen molar-refractivity contribution in [2.24, 2.45) is 5.92 Å². The molecule has 1 N–H and O–H groups in total. The Hall–Kier alpha value is -1.88. The van der Waals surface area contributed by atoms with E-state index in [4.69, 9.17) is 4.74 Å². The Kier molecular flexibility index (Phi) is 8.29. The van der Waals surface area contributed by atoms with Gasteiger partial charge in [0.1, 0.15) is 17.3 Å². The number of nitrogens with one attached hydrogen (secondary N) is 1. The van der Waals surface area contributed by atoms with Gasteiger partial charge in [-0.1, -0.05) is 45.0 Å². The summed E-state index contributed by atoms with van der Waals surface area (Å²) in [6.45, 7) is 8.91. The van der Waals surface area contributed by atoms with Gasteiger partial charge in [0.25, 0.3) is 0 Å². The number of hydrogen-bond donors (Lipinski definition) is 1. The maximum Gasteiger partial charge on any atom is 0.232 e. The van der Waals surface area contributed by atoms with Gasteiger partial charge >= 0.3 is 0 Å². The number of ether oxygens (including phenoxy) is 1. The van der Waals surface area contributed by atoms with Crippen molar-refractivity contribution in [3.63, 3.8) is 0 Å². The fourth-order valence-electron chi connectivity index (χ4n) is 2.82. The second-order valence-electron chi connectivity index (χ2n) is 7.35. The molecule has 1 atom stereocenters. The SMILES string of the molecule is CCc1ccc(C2=CCC(CS(=O)CC(=O)NCCC(C)C)=C(C)O2)cc1. The monoisotopic (exact) mass is 389 g/mol. The van der Waals surface area contributed by atoms with Gasteiger partial charge in [0, 0.05) is 28.7 Å². The van der Waals surface area contributed by atoms with Crippen molar-refractivity contribution in [1.82, 2.24) is 5.32 Å². The van der Waals surface area contributed by atoms with Crippen LogP contribution in [0.3, 0.4) is 0 Å². The average molecular weight is 390 g/mol. The van der Waals surface area contributed by atoms with E-state index in [2.05, 4.69) is 50.4 Å². The van der Waals surface area contributed by atoms with E-state index in [1.165, 1.54) is 5.56 Å². The molecule has 0 aromatic heterocycles. The van der Waals surface area contributed by atoms with Gasteiger partial charge in [-0.05, 0) is 49.3 Å². The number of aryl methyl sites for hydroxylation is 1. The molecule has 0 saturated carbocycles. The highest BCUT2D eigenvalue weighted by atomic mass is 32.2. The molecule has 1 unspecified atom stereocenters. The second kappa shape index (κ2) is 10.5. The lowest BCUT2D eigenvalue weighted by molar-refractivity contribution is -0.118. The van der Waals surface area contributed by atoms with E-state index in [0.717, 1.165) is 35.5 Å². The lowest BCUT2D eigenvalue weighted by atomic mass is 10.0. The summed E-state index contributed by atoms with van der Waals surface area (Å²) in [6, 6.07) is 8.37. The van der Waals surface area contributed by atoms with Crippen molar-refractivity contribution in [2.45, 2.75) is 47.0 Å². The highest BCUT2D eigenvalue weighted by Gasteiger charge is 2.17. The maximum absolute atomic E-state index is 12.3. The van der Waals surface area contributed by atoms with Gasteiger partial charge in [0.15, 0.2) is 0 Å². The molecule has 4 nitrogen and oxygen atoms in total. The van der Waals surface area contributed by atoms with Crippen molar-refractivity contribution in [1.29, 1.82) is 0 Å². The number of hydrogen-bond acceptors (Lipinski definition) is 3. The van der Waals surface area contributed by atoms with Gasteiger partial charge < -0.3 is 10.1 Å². The van der Waals surface area contributed by atoms with E-state index < -0.39 is 10.8 Å². The third-order valence-electron chi connectivity index (χ3n) is 4.61. The third-order valence-corrected chi connectivity index (χ3v) is 5.87. The van der Waals surface area contributed by atoms with Crippen LogP contribution in [-0.4, -0.2) is 28.2 Å². The summed E-state index contributed by atoms with van der Waals surface area (Å²) in [7, 11) is -1.22. The largest absolute Gasteiger partial charge is 0.462 e. The molecule has 1 aliphatic heterocycles. The van der Waals surface area contributed by atoms with Crippen molar-refractivity contribution >= 4 is 22.5 Å². The normalized spacial score (nSPS) is 15.4. The molecule has 0 saturated heterocycles. The van der Waals surface area contributed by atoms with Crippen LogP contribution < -0.4 is 5.32 Å². The number of amides is 1. The Bertz CT molecular complexity index is 732. The van der Waals surface area contributed by atoms with E-state index in [1.54, 1.807) is 0 Å². The predicted octanol–water partition coefficient (Wildman–Crippen LogP) is 4.20. The fourth-order valence-corrected chi connectivity index (χ4v) is 4.03. The quantitative estimate of drug-likeness (QED) is 0.689. The fraction of sp³-hybridized carbons (Fsp3) is 0.500. The molecule has 5 heteroatoms. The topological polar surface area (TPSA) is 55.4 Å². The van der Waals surface area contributed by atoms with Gasteiger partial charge in [-0.3, -0.25) is 9.00 Å². The van der Waals surface area contributed by atoms with Crippen LogP contribution in [0.25, 0.3) is 5.76 Å². The molecule has 2 rings (SSSR count). The highest BCUT2D eigenvalue weighted by molar-refractivity contribution is 7.85. The Balaban J connectivity index is 1.85. The molecule has 0 radical (unpaired) electrons. The number of allylic oxidation sites excluding steroid dienone is 2. The summed E-state index contributed by atoms with van der Waals surface area (Å²) in [5, 5.41) is 2.84. The summed E-state index contributed by atoms with van der Waals surface area (Å²) in [5.74, 6) is 2.46. The second-order valence-corrected chi connectivity index (χ2v) is 8.80. The third kappa shape index (κ3) is 6.98. The Morgan fingerprint density at radius 2 is 1.96 bits per heavy atom. The molecule has 1 aromatic rings. The first-order chi connectivity index (χ1) is 12.9. The maximum atomic E-state index is 12.3. The number of rotatable bonds is 9. The van der Waals surface area contributed by atoms with Gasteiger partial charge in [-0.25, -0.2) is 0 Å². The minimum atomic E-state index is -1.22. The lowest BCUT2D eigenvalue weighted by Gasteiger charge is -2.20. The predicted molar refractivity (Wildman–Crippen MR) is 113 cm³/mol. The lowest BCUT2D eigenvalue weighted by Crippen LogP contribution is -2.30. The smallest absolute Gasteiger partial charge is 0.232 e. The van der Waals surface area contributed by atoms with Crippen LogP contribution in [0.5, 0.6) is 0 Å². The molecular weight excluding hydrogens is 358 g/mol. The number of carbonyl (C=O) groups is 1. The summed E-state index contributed by atoms with van der Waals surface area (Å²) in [5.41, 5.74) is 3.35. The molecule has 1 aliphatic rings. The summed E-state index contributed by atoms with van der Waals surface area (Å²) in [4.78, 5) is 11.9. The molecule has 0 aliphatic carbocycles. The first-order valence-electron chi connectivity index (χ1n) is 9.66. The van der Waals surface area contributed by atoms with Gasteiger partial charge in [0.05, 0.1) is 0 Å². The highest BCUT2D eigenvalue weighted by Crippen LogP contribution is 2.28. The van der Waals surface area contributed by atoms with E-state index in [0.29, 0.717) is 24.6 Å². The summed E-state index contributed by atoms with van der Waals surface area (Å²) < 4.78 is 18.3. The van der Waals surface area contributed by atoms with Gasteiger partial charge in [-0.2, -0.15) is 0 Å². The van der Waals surface area contributed by atoms with Crippen molar-refractivity contribution in [3.8, 4) is 0 Å². The van der Waals surface area contributed by atoms with Crippen LogP contribution in [0, 0.1) is 5.92 Å². The van der Waals surface area contributed by atoms with E-state index in [9.17, 15) is 9.00 Å². The molecule has 27 heavy (non-hydrogen) atoms. The van der Waals surface area contributed by atoms with Crippen molar-refractivity contribution in [2.75, 3.05) is 18.1 Å². The molecular formula is C22H31NO3S. The summed E-state index contributed by atoms with van der Waals surface area (Å²) in [6.07, 6.45) is 4.68. The molecule has 148 valence electrons. The number of benzene rings is 1. The minimum Gasteiger partial charge on any atom is -0.462 e. The van der Waals surface area contributed by atoms with Crippen molar-refractivity contribution < 1.29 is 13.7 Å². The van der Waals surface area contributed by atoms with E-state index in [1.807, 2.05) is 13.0 Å². The first-order valence-corrected chi connectivity index (χ1v) is 11.2. The molecule has 1 aromatic carbocycles. The molecule has 0 spiro atoms. The number of carbonyl (C=O) groups excluding carboxylic acids is 1. The van der Waals surface area contributed by atoms with E-state index in [-0.39, 0.29) is 11.7 Å². The standard InChI is InChI=1S/C22H31NO3S/c1-5-18-6-8-19(9-7-18)21-11-10-20(17(4)26-21)14-27(25)15-22(24)23-13-12-16(2)3/h6-9,11,16H,5,10,12-15H2,1-4H3,(H,23,24). The van der Waals surface area contributed by atoms with Gasteiger partial charge in [-0.15, -0.1) is 0 Å². The first kappa shape index (κ1) is 21.4. The molecule has 1 heterocycles.